The Balaban J connectivity index is 1.68. The molecule has 0 spiro atoms. The number of sulfonamides is 1. The zero-order chi connectivity index (χ0) is 27.1. The van der Waals surface area contributed by atoms with E-state index in [2.05, 4.69) is 25.7 Å². The highest BCUT2D eigenvalue weighted by Crippen LogP contribution is 2.22. The van der Waals surface area contributed by atoms with Crippen LogP contribution in [-0.2, 0) is 29.5 Å². The number of aromatic nitrogens is 4. The van der Waals surface area contributed by atoms with Crippen LogP contribution in [0.4, 0.5) is 0 Å². The van der Waals surface area contributed by atoms with Crippen molar-refractivity contribution in [2.24, 2.45) is 5.14 Å². The predicted molar refractivity (Wildman–Crippen MR) is 140 cm³/mol. The Bertz CT molecular complexity index is 1540. The number of carbonyl (C=O) groups excluding carboxylic acids is 2. The molecule has 3 heterocycles. The third-order valence-electron chi connectivity index (χ3n) is 5.60. The van der Waals surface area contributed by atoms with Gasteiger partial charge in [0.15, 0.2) is 5.69 Å². The lowest BCUT2D eigenvalue weighted by Gasteiger charge is -2.14. The molecule has 3 aromatic heterocycles. The second-order valence-electron chi connectivity index (χ2n) is 8.41. The Morgan fingerprint density at radius 1 is 0.895 bits per heavy atom. The highest BCUT2D eigenvalue weighted by molar-refractivity contribution is 7.89. The fraction of sp³-hybridized carbons (Fsp3) is 0.192. The van der Waals surface area contributed by atoms with Crippen LogP contribution < -0.4 is 15.8 Å². The van der Waals surface area contributed by atoms with Crippen molar-refractivity contribution in [2.45, 2.75) is 37.8 Å². The van der Waals surface area contributed by atoms with E-state index in [0.29, 0.717) is 29.2 Å². The molecular formula is C26H27N7O4S. The first-order valence-electron chi connectivity index (χ1n) is 11.9. The molecule has 4 N–H and O–H groups in total. The summed E-state index contributed by atoms with van der Waals surface area (Å²) in [7, 11) is -4.08. The SMILES string of the molecule is CCCc1cc(C(=O)NCc2ccccn2)nn1-c1ccc(S(N)(=O)=O)cc1C(=O)NCc1ccccn1. The van der Waals surface area contributed by atoms with Crippen LogP contribution in [0.5, 0.6) is 0 Å². The summed E-state index contributed by atoms with van der Waals surface area (Å²) in [6.45, 7) is 2.32. The van der Waals surface area contributed by atoms with Gasteiger partial charge in [-0.3, -0.25) is 19.6 Å². The minimum Gasteiger partial charge on any atom is -0.346 e. The lowest BCUT2D eigenvalue weighted by atomic mass is 10.1. The number of hydrogen-bond donors (Lipinski definition) is 3. The molecule has 0 bridgehead atoms. The van der Waals surface area contributed by atoms with E-state index < -0.39 is 21.8 Å². The number of primary sulfonamides is 1. The average molecular weight is 534 g/mol. The number of amides is 2. The summed E-state index contributed by atoms with van der Waals surface area (Å²) in [4.78, 5) is 34.3. The minimum absolute atomic E-state index is 0.0355. The van der Waals surface area contributed by atoms with Crippen LogP contribution in [0.3, 0.4) is 0 Å². The van der Waals surface area contributed by atoms with E-state index in [4.69, 9.17) is 5.14 Å². The molecule has 38 heavy (non-hydrogen) atoms. The fourth-order valence-electron chi connectivity index (χ4n) is 3.77. The Labute approximate surface area is 220 Å². The van der Waals surface area contributed by atoms with E-state index in [-0.39, 0.29) is 29.2 Å². The first kappa shape index (κ1) is 26.6. The molecule has 0 aliphatic carbocycles. The van der Waals surface area contributed by atoms with E-state index in [1.807, 2.05) is 13.0 Å². The number of aryl methyl sites for hydroxylation is 1. The number of hydrogen-bond acceptors (Lipinski definition) is 7. The molecule has 0 aliphatic heterocycles. The third kappa shape index (κ3) is 6.47. The number of nitrogens with zero attached hydrogens (tertiary/aromatic N) is 4. The molecule has 1 aromatic carbocycles. The Kier molecular flexibility index (Phi) is 8.24. The first-order valence-corrected chi connectivity index (χ1v) is 13.4. The van der Waals surface area contributed by atoms with E-state index in [1.165, 1.54) is 22.9 Å². The smallest absolute Gasteiger partial charge is 0.272 e. The van der Waals surface area contributed by atoms with Crippen molar-refractivity contribution in [1.29, 1.82) is 0 Å². The number of carbonyl (C=O) groups is 2. The van der Waals surface area contributed by atoms with Crippen molar-refractivity contribution >= 4 is 21.8 Å². The van der Waals surface area contributed by atoms with Crippen LogP contribution in [0.15, 0.2) is 78.0 Å². The van der Waals surface area contributed by atoms with Crippen LogP contribution in [-0.4, -0.2) is 40.0 Å². The molecular weight excluding hydrogens is 506 g/mol. The van der Waals surface area contributed by atoms with Crippen molar-refractivity contribution in [3.63, 3.8) is 0 Å². The van der Waals surface area contributed by atoms with E-state index in [9.17, 15) is 18.0 Å². The van der Waals surface area contributed by atoms with Crippen LogP contribution >= 0.6 is 0 Å². The number of rotatable bonds is 10. The van der Waals surface area contributed by atoms with Crippen LogP contribution in [0.1, 0.15) is 51.3 Å². The monoisotopic (exact) mass is 533 g/mol. The lowest BCUT2D eigenvalue weighted by molar-refractivity contribution is 0.0940. The predicted octanol–water partition coefficient (Wildman–Crippen LogP) is 2.12. The molecule has 0 atom stereocenters. The van der Waals surface area contributed by atoms with Crippen molar-refractivity contribution < 1.29 is 18.0 Å². The lowest BCUT2D eigenvalue weighted by Crippen LogP contribution is -2.26. The van der Waals surface area contributed by atoms with Gasteiger partial charge in [-0.05, 0) is 55.0 Å². The highest BCUT2D eigenvalue weighted by atomic mass is 32.2. The normalized spacial score (nSPS) is 11.2. The summed E-state index contributed by atoms with van der Waals surface area (Å²) in [5.74, 6) is -0.954. The van der Waals surface area contributed by atoms with Gasteiger partial charge >= 0.3 is 0 Å². The molecule has 12 heteroatoms. The maximum atomic E-state index is 13.3. The molecule has 196 valence electrons. The number of nitrogens with one attached hydrogen (secondary N) is 2. The summed E-state index contributed by atoms with van der Waals surface area (Å²) >= 11 is 0. The van der Waals surface area contributed by atoms with Gasteiger partial charge in [-0.1, -0.05) is 25.5 Å². The summed E-state index contributed by atoms with van der Waals surface area (Å²) in [5.41, 5.74) is 2.50. The Morgan fingerprint density at radius 2 is 1.53 bits per heavy atom. The molecule has 2 amide bonds. The van der Waals surface area contributed by atoms with E-state index >= 15 is 0 Å². The third-order valence-corrected chi connectivity index (χ3v) is 6.51. The molecule has 0 saturated carbocycles. The van der Waals surface area contributed by atoms with Crippen molar-refractivity contribution in [3.8, 4) is 5.69 Å². The molecule has 0 fully saturated rings. The summed E-state index contributed by atoms with van der Waals surface area (Å²) in [5, 5.41) is 15.4. The molecule has 0 aliphatic rings. The van der Waals surface area contributed by atoms with Gasteiger partial charge < -0.3 is 10.6 Å². The van der Waals surface area contributed by atoms with Crippen LogP contribution in [0, 0.1) is 0 Å². The molecule has 0 saturated heterocycles. The first-order chi connectivity index (χ1) is 18.3. The quantitative estimate of drug-likeness (QED) is 0.281. The van der Waals surface area contributed by atoms with Crippen molar-refractivity contribution in [3.05, 3.63) is 101 Å². The Hall–Kier alpha value is -4.42. The molecule has 11 nitrogen and oxygen atoms in total. The van der Waals surface area contributed by atoms with E-state index in [0.717, 1.165) is 6.42 Å². The largest absolute Gasteiger partial charge is 0.346 e. The number of nitrogens with two attached hydrogens (primary N) is 1. The Morgan fingerprint density at radius 3 is 2.08 bits per heavy atom. The molecule has 4 aromatic rings. The van der Waals surface area contributed by atoms with Crippen LogP contribution in [0.25, 0.3) is 5.69 Å². The summed E-state index contributed by atoms with van der Waals surface area (Å²) in [6.07, 6.45) is 4.56. The number of benzene rings is 1. The van der Waals surface area contributed by atoms with Gasteiger partial charge in [0, 0.05) is 18.1 Å². The zero-order valence-corrected chi connectivity index (χ0v) is 21.5. The van der Waals surface area contributed by atoms with Gasteiger partial charge in [-0.25, -0.2) is 18.2 Å². The molecule has 0 radical (unpaired) electrons. The molecule has 4 rings (SSSR count). The topological polar surface area (TPSA) is 162 Å². The van der Waals surface area contributed by atoms with Crippen LogP contribution in [0.2, 0.25) is 0 Å². The van der Waals surface area contributed by atoms with Gasteiger partial charge in [0.2, 0.25) is 10.0 Å². The summed E-state index contributed by atoms with van der Waals surface area (Å²) in [6, 6.07) is 16.3. The maximum absolute atomic E-state index is 13.3. The van der Waals surface area contributed by atoms with Crippen molar-refractivity contribution in [2.75, 3.05) is 0 Å². The summed E-state index contributed by atoms with van der Waals surface area (Å²) < 4.78 is 25.6. The maximum Gasteiger partial charge on any atom is 0.272 e. The van der Waals surface area contributed by atoms with Gasteiger partial charge in [-0.2, -0.15) is 5.10 Å². The van der Waals surface area contributed by atoms with Gasteiger partial charge in [-0.15, -0.1) is 0 Å². The fourth-order valence-corrected chi connectivity index (χ4v) is 4.30. The second-order valence-corrected chi connectivity index (χ2v) is 9.98. The molecule has 0 unspecified atom stereocenters. The zero-order valence-electron chi connectivity index (χ0n) is 20.7. The highest BCUT2D eigenvalue weighted by Gasteiger charge is 2.22. The van der Waals surface area contributed by atoms with Gasteiger partial charge in [0.25, 0.3) is 11.8 Å². The van der Waals surface area contributed by atoms with Gasteiger partial charge in [0.1, 0.15) is 0 Å². The standard InChI is InChI=1S/C26H27N7O4S/c1-2-7-20-14-23(26(35)31-17-19-9-4-6-13-29-19)32-33(20)24-11-10-21(38(27,36)37)15-22(24)25(34)30-16-18-8-3-5-12-28-18/h3-6,8-15H,2,7,16-17H2,1H3,(H,30,34)(H,31,35)(H2,27,36,37). The van der Waals surface area contributed by atoms with E-state index in [1.54, 1.807) is 48.8 Å². The van der Waals surface area contributed by atoms with Gasteiger partial charge in [0.05, 0.1) is 40.6 Å². The minimum atomic E-state index is -4.08. The average Bonchev–Trinajstić information content (AvgIpc) is 3.34. The second kappa shape index (κ2) is 11.8. The van der Waals surface area contributed by atoms with Crippen molar-refractivity contribution in [1.82, 2.24) is 30.4 Å². The number of pyridine rings is 2.